The average Bonchev–Trinajstić information content (AvgIpc) is 2.77. The third kappa shape index (κ3) is 5.93. The highest BCUT2D eigenvalue weighted by atomic mass is 35.5. The van der Waals surface area contributed by atoms with Crippen LogP contribution < -0.4 is 9.47 Å². The third-order valence-electron chi connectivity index (χ3n) is 4.89. The van der Waals surface area contributed by atoms with Gasteiger partial charge in [-0.1, -0.05) is 29.3 Å². The van der Waals surface area contributed by atoms with Gasteiger partial charge in [-0.25, -0.2) is 0 Å². The highest BCUT2D eigenvalue weighted by molar-refractivity contribution is 6.35. The van der Waals surface area contributed by atoms with Crippen molar-refractivity contribution in [1.82, 2.24) is 9.80 Å². The van der Waals surface area contributed by atoms with Gasteiger partial charge < -0.3 is 19.3 Å². The number of piperazine rings is 1. The van der Waals surface area contributed by atoms with Gasteiger partial charge in [0.05, 0.1) is 13.7 Å². The zero-order chi connectivity index (χ0) is 22.4. The summed E-state index contributed by atoms with van der Waals surface area (Å²) in [5, 5.41) is 0.835. The first-order chi connectivity index (χ1) is 14.9. The lowest BCUT2D eigenvalue weighted by Crippen LogP contribution is -2.50. The van der Waals surface area contributed by atoms with Crippen LogP contribution in [0.2, 0.25) is 10.0 Å². The van der Waals surface area contributed by atoms with Crippen molar-refractivity contribution in [3.63, 3.8) is 0 Å². The number of methoxy groups -OCH3 is 1. The highest BCUT2D eigenvalue weighted by Crippen LogP contribution is 2.28. The lowest BCUT2D eigenvalue weighted by molar-refractivity contribution is -0.127. The summed E-state index contributed by atoms with van der Waals surface area (Å²) in [6.07, 6.45) is 3.28. The van der Waals surface area contributed by atoms with Gasteiger partial charge >= 0.3 is 0 Å². The molecule has 2 aromatic rings. The molecule has 2 aromatic carbocycles. The molecule has 0 unspecified atom stereocenters. The van der Waals surface area contributed by atoms with Gasteiger partial charge in [0.25, 0.3) is 5.91 Å². The van der Waals surface area contributed by atoms with Crippen LogP contribution in [0.25, 0.3) is 6.08 Å². The Morgan fingerprint density at radius 1 is 0.968 bits per heavy atom. The summed E-state index contributed by atoms with van der Waals surface area (Å²) >= 11 is 12.0. The largest absolute Gasteiger partial charge is 0.493 e. The van der Waals surface area contributed by atoms with E-state index in [1.807, 2.05) is 25.1 Å². The maximum atomic E-state index is 12.7. The Kier molecular flexibility index (Phi) is 7.82. The average molecular weight is 463 g/mol. The molecule has 1 heterocycles. The molecule has 0 aromatic heterocycles. The lowest BCUT2D eigenvalue weighted by Gasteiger charge is -2.34. The van der Waals surface area contributed by atoms with Gasteiger partial charge in [0.2, 0.25) is 5.91 Å². The van der Waals surface area contributed by atoms with Crippen LogP contribution in [0, 0.1) is 0 Å². The van der Waals surface area contributed by atoms with E-state index in [0.717, 1.165) is 5.56 Å². The first-order valence-electron chi connectivity index (χ1n) is 9.94. The number of ether oxygens (including phenoxy) is 2. The van der Waals surface area contributed by atoms with E-state index < -0.39 is 0 Å². The minimum absolute atomic E-state index is 0.105. The number of hydrogen-bond donors (Lipinski definition) is 0. The molecule has 1 aliphatic heterocycles. The van der Waals surface area contributed by atoms with Crippen LogP contribution in [0.1, 0.15) is 22.8 Å². The first-order valence-corrected chi connectivity index (χ1v) is 10.7. The Labute approximate surface area is 191 Å². The number of nitrogens with zero attached hydrogens (tertiary/aromatic N) is 2. The fraction of sp³-hybridized carbons (Fsp3) is 0.304. The first kappa shape index (κ1) is 23.0. The Balaban J connectivity index is 1.59. The van der Waals surface area contributed by atoms with Crippen molar-refractivity contribution in [2.24, 2.45) is 0 Å². The smallest absolute Gasteiger partial charge is 0.254 e. The Bertz CT molecular complexity index is 965. The second-order valence-electron chi connectivity index (χ2n) is 6.95. The molecular weight excluding hydrogens is 439 g/mol. The van der Waals surface area contributed by atoms with Crippen molar-refractivity contribution in [2.45, 2.75) is 6.92 Å². The van der Waals surface area contributed by atoms with Crippen molar-refractivity contribution in [1.29, 1.82) is 0 Å². The predicted molar refractivity (Wildman–Crippen MR) is 122 cm³/mol. The van der Waals surface area contributed by atoms with Gasteiger partial charge in [-0.05, 0) is 48.9 Å². The molecule has 3 rings (SSSR count). The summed E-state index contributed by atoms with van der Waals surface area (Å²) in [7, 11) is 1.59. The number of rotatable bonds is 6. The second-order valence-corrected chi connectivity index (χ2v) is 7.83. The molecule has 0 atom stereocenters. The van der Waals surface area contributed by atoms with Crippen molar-refractivity contribution in [2.75, 3.05) is 39.9 Å². The number of carbonyl (C=O) groups excluding carboxylic acids is 2. The van der Waals surface area contributed by atoms with Gasteiger partial charge in [0.15, 0.2) is 11.5 Å². The van der Waals surface area contributed by atoms with Crippen molar-refractivity contribution >= 4 is 41.1 Å². The van der Waals surface area contributed by atoms with E-state index >= 15 is 0 Å². The Morgan fingerprint density at radius 2 is 1.61 bits per heavy atom. The number of carbonyl (C=O) groups is 2. The Morgan fingerprint density at radius 3 is 2.23 bits per heavy atom. The molecule has 0 spiro atoms. The zero-order valence-electron chi connectivity index (χ0n) is 17.4. The van der Waals surface area contributed by atoms with E-state index in [1.165, 1.54) is 6.08 Å². The molecule has 1 fully saturated rings. The molecular formula is C23H24Cl2N2O4. The monoisotopic (exact) mass is 462 g/mol. The molecule has 0 N–H and O–H groups in total. The van der Waals surface area contributed by atoms with E-state index in [0.29, 0.717) is 59.9 Å². The lowest BCUT2D eigenvalue weighted by atomic mass is 10.1. The molecule has 2 amide bonds. The molecule has 0 saturated carbocycles. The molecule has 0 radical (unpaired) electrons. The summed E-state index contributed by atoms with van der Waals surface area (Å²) in [5.74, 6) is 1.03. The SMILES string of the molecule is CCOc1cc(/C=C/C(=O)N2CCN(C(=O)c3cc(Cl)cc(Cl)c3)CC2)ccc1OC. The summed E-state index contributed by atoms with van der Waals surface area (Å²) in [6, 6.07) is 10.3. The van der Waals surface area contributed by atoms with Crippen molar-refractivity contribution in [3.05, 3.63) is 63.6 Å². The predicted octanol–water partition coefficient (Wildman–Crippen LogP) is 4.40. The minimum atomic E-state index is -0.145. The van der Waals surface area contributed by atoms with E-state index in [2.05, 4.69) is 0 Å². The number of benzene rings is 2. The molecule has 8 heteroatoms. The molecule has 6 nitrogen and oxygen atoms in total. The summed E-state index contributed by atoms with van der Waals surface area (Å²) in [6.45, 7) is 4.22. The molecule has 1 saturated heterocycles. The maximum absolute atomic E-state index is 12.7. The summed E-state index contributed by atoms with van der Waals surface area (Å²) < 4.78 is 10.8. The van der Waals surface area contributed by atoms with Crippen LogP contribution in [0.4, 0.5) is 0 Å². The summed E-state index contributed by atoms with van der Waals surface area (Å²) in [4.78, 5) is 28.7. The quantitative estimate of drug-likeness (QED) is 0.596. The molecule has 0 bridgehead atoms. The van der Waals surface area contributed by atoms with Crippen molar-refractivity contribution in [3.8, 4) is 11.5 Å². The van der Waals surface area contributed by atoms with Gasteiger partial charge in [-0.3, -0.25) is 9.59 Å². The minimum Gasteiger partial charge on any atom is -0.493 e. The van der Waals surface area contributed by atoms with E-state index in [9.17, 15) is 9.59 Å². The van der Waals surface area contributed by atoms with E-state index in [1.54, 1.807) is 41.2 Å². The number of amides is 2. The summed E-state index contributed by atoms with van der Waals surface area (Å²) in [5.41, 5.74) is 1.28. The van der Waals surface area contributed by atoms with Gasteiger partial charge in [-0.2, -0.15) is 0 Å². The maximum Gasteiger partial charge on any atom is 0.254 e. The van der Waals surface area contributed by atoms with Crippen molar-refractivity contribution < 1.29 is 19.1 Å². The third-order valence-corrected chi connectivity index (χ3v) is 5.33. The standard InChI is InChI=1S/C23H24Cl2N2O4/c1-3-31-21-12-16(4-6-20(21)30-2)5-7-22(28)26-8-10-27(11-9-26)23(29)17-13-18(24)15-19(25)14-17/h4-7,12-15H,3,8-11H2,1-2H3/b7-5+. The van der Waals surface area contributed by atoms with Crippen LogP contribution in [0.5, 0.6) is 11.5 Å². The van der Waals surface area contributed by atoms with Crippen LogP contribution in [-0.2, 0) is 4.79 Å². The fourth-order valence-electron chi connectivity index (χ4n) is 3.33. The van der Waals surface area contributed by atoms with Crippen LogP contribution in [-0.4, -0.2) is 61.5 Å². The fourth-order valence-corrected chi connectivity index (χ4v) is 3.85. The zero-order valence-corrected chi connectivity index (χ0v) is 18.9. The molecule has 164 valence electrons. The number of hydrogen-bond acceptors (Lipinski definition) is 4. The van der Waals surface area contributed by atoms with Gasteiger partial charge in [-0.15, -0.1) is 0 Å². The topological polar surface area (TPSA) is 59.1 Å². The van der Waals surface area contributed by atoms with Gasteiger partial charge in [0.1, 0.15) is 0 Å². The van der Waals surface area contributed by atoms with E-state index in [-0.39, 0.29) is 11.8 Å². The van der Waals surface area contributed by atoms with Crippen LogP contribution in [0.3, 0.4) is 0 Å². The van der Waals surface area contributed by atoms with Crippen LogP contribution >= 0.6 is 23.2 Å². The van der Waals surface area contributed by atoms with E-state index in [4.69, 9.17) is 32.7 Å². The number of halogens is 2. The highest BCUT2D eigenvalue weighted by Gasteiger charge is 2.24. The molecule has 0 aliphatic carbocycles. The Hall–Kier alpha value is -2.70. The molecule has 31 heavy (non-hydrogen) atoms. The normalized spacial score (nSPS) is 14.1. The van der Waals surface area contributed by atoms with Crippen LogP contribution in [0.15, 0.2) is 42.5 Å². The molecule has 1 aliphatic rings. The second kappa shape index (κ2) is 10.6. The van der Waals surface area contributed by atoms with Gasteiger partial charge in [0, 0.05) is 47.9 Å².